The van der Waals surface area contributed by atoms with E-state index in [2.05, 4.69) is 32.6 Å². The highest BCUT2D eigenvalue weighted by molar-refractivity contribution is 9.10. The summed E-state index contributed by atoms with van der Waals surface area (Å²) < 4.78 is 5.48. The summed E-state index contributed by atoms with van der Waals surface area (Å²) in [5.74, 6) is -0.111. The van der Waals surface area contributed by atoms with Crippen LogP contribution in [0, 0.1) is 0 Å². The highest BCUT2D eigenvalue weighted by atomic mass is 79.9. The van der Waals surface area contributed by atoms with Gasteiger partial charge in [-0.2, -0.15) is 0 Å². The van der Waals surface area contributed by atoms with Gasteiger partial charge in [-0.3, -0.25) is 4.79 Å². The van der Waals surface area contributed by atoms with Crippen LogP contribution in [0.1, 0.15) is 16.8 Å². The van der Waals surface area contributed by atoms with Gasteiger partial charge in [0.2, 0.25) is 0 Å². The lowest BCUT2D eigenvalue weighted by Gasteiger charge is -2.14. The van der Waals surface area contributed by atoms with Crippen molar-refractivity contribution in [1.82, 2.24) is 10.6 Å². The lowest BCUT2D eigenvalue weighted by Crippen LogP contribution is -2.29. The number of carbonyl (C=O) groups is 1. The average molecular weight is 285 g/mol. The molecule has 0 bridgehead atoms. The molecule has 0 fully saturated rings. The monoisotopic (exact) mass is 284 g/mol. The number of hydrogen-bond acceptors (Lipinski definition) is 3. The molecule has 86 valence electrons. The number of halogens is 1. The number of hydrogen-bond donors (Lipinski definition) is 2. The van der Waals surface area contributed by atoms with E-state index >= 15 is 0 Å². The maximum atomic E-state index is 11.7. The van der Waals surface area contributed by atoms with Crippen molar-refractivity contribution in [2.24, 2.45) is 0 Å². The predicted octanol–water partition coefficient (Wildman–Crippen LogP) is 1.69. The van der Waals surface area contributed by atoms with Gasteiger partial charge in [0.15, 0.2) is 4.67 Å². The molecule has 5 heteroatoms. The molecular weight excluding hydrogens is 272 g/mol. The molecule has 0 radical (unpaired) electrons. The number of nitrogens with one attached hydrogen (secondary N) is 2. The summed E-state index contributed by atoms with van der Waals surface area (Å²) in [6.45, 7) is 2.48. The van der Waals surface area contributed by atoms with E-state index in [4.69, 9.17) is 4.42 Å². The van der Waals surface area contributed by atoms with Crippen LogP contribution >= 0.6 is 15.9 Å². The first-order chi connectivity index (χ1) is 7.77. The summed E-state index contributed by atoms with van der Waals surface area (Å²) >= 11 is 3.18. The van der Waals surface area contributed by atoms with E-state index in [0.29, 0.717) is 16.8 Å². The van der Waals surface area contributed by atoms with Crippen LogP contribution in [0.3, 0.4) is 0 Å². The molecule has 0 saturated heterocycles. The maximum Gasteiger partial charge on any atom is 0.256 e. The fourth-order valence-corrected chi connectivity index (χ4v) is 2.00. The minimum absolute atomic E-state index is 0.111. The van der Waals surface area contributed by atoms with Crippen LogP contribution in [0.25, 0.3) is 0 Å². The summed E-state index contributed by atoms with van der Waals surface area (Å²) in [7, 11) is 0. The van der Waals surface area contributed by atoms with E-state index in [1.54, 1.807) is 6.07 Å². The second kappa shape index (κ2) is 5.32. The van der Waals surface area contributed by atoms with E-state index < -0.39 is 0 Å². The fraction of sp³-hybridized carbons (Fsp3) is 0.364. The van der Waals surface area contributed by atoms with E-state index in [0.717, 1.165) is 19.5 Å². The van der Waals surface area contributed by atoms with Crippen molar-refractivity contribution in [3.05, 3.63) is 34.2 Å². The molecule has 1 amide bonds. The van der Waals surface area contributed by atoms with Gasteiger partial charge in [0.05, 0.1) is 11.8 Å². The first-order valence-corrected chi connectivity index (χ1v) is 5.96. The molecule has 16 heavy (non-hydrogen) atoms. The first-order valence-electron chi connectivity index (χ1n) is 5.17. The molecule has 0 spiro atoms. The average Bonchev–Trinajstić information content (AvgIpc) is 2.74. The predicted molar refractivity (Wildman–Crippen MR) is 64.3 cm³/mol. The Morgan fingerprint density at radius 2 is 2.50 bits per heavy atom. The third-order valence-electron chi connectivity index (χ3n) is 2.50. The largest absolute Gasteiger partial charge is 0.457 e. The Kier molecular flexibility index (Phi) is 3.79. The van der Waals surface area contributed by atoms with E-state index in [9.17, 15) is 4.79 Å². The van der Waals surface area contributed by atoms with Gasteiger partial charge in [0.25, 0.3) is 5.91 Å². The zero-order valence-electron chi connectivity index (χ0n) is 8.75. The van der Waals surface area contributed by atoms with Crippen molar-refractivity contribution >= 4 is 21.8 Å². The third kappa shape index (κ3) is 2.74. The standard InChI is InChI=1S/C11H13BrN2O2/c12-10-9(3-6-16-10)11(15)14-7-8-1-4-13-5-2-8/h1,3,6,13H,2,4-5,7H2,(H,14,15). The minimum Gasteiger partial charge on any atom is -0.457 e. The van der Waals surface area contributed by atoms with Gasteiger partial charge in [0.1, 0.15) is 0 Å². The SMILES string of the molecule is O=C(NCC1=CCNCC1)c1ccoc1Br. The highest BCUT2D eigenvalue weighted by Gasteiger charge is 2.12. The Labute approximate surface area is 102 Å². The topological polar surface area (TPSA) is 54.3 Å². The molecule has 0 aliphatic carbocycles. The van der Waals surface area contributed by atoms with E-state index in [1.807, 2.05) is 0 Å². The molecule has 1 aliphatic rings. The van der Waals surface area contributed by atoms with Crippen LogP contribution in [0.5, 0.6) is 0 Å². The molecule has 1 aromatic heterocycles. The number of carbonyl (C=O) groups excluding carboxylic acids is 1. The normalized spacial score (nSPS) is 15.7. The summed E-state index contributed by atoms with van der Waals surface area (Å²) in [5, 5.41) is 6.10. The molecule has 2 heterocycles. The van der Waals surface area contributed by atoms with Gasteiger partial charge in [0, 0.05) is 13.1 Å². The second-order valence-electron chi connectivity index (χ2n) is 3.61. The van der Waals surface area contributed by atoms with E-state index in [1.165, 1.54) is 11.8 Å². The van der Waals surface area contributed by atoms with Crippen molar-refractivity contribution in [2.75, 3.05) is 19.6 Å². The van der Waals surface area contributed by atoms with Crippen molar-refractivity contribution in [3.8, 4) is 0 Å². The Hall–Kier alpha value is -1.07. The van der Waals surface area contributed by atoms with Crippen molar-refractivity contribution in [3.63, 3.8) is 0 Å². The Bertz CT molecular complexity index is 412. The molecule has 0 atom stereocenters. The highest BCUT2D eigenvalue weighted by Crippen LogP contribution is 2.17. The zero-order valence-corrected chi connectivity index (χ0v) is 10.3. The number of furan rings is 1. The lowest BCUT2D eigenvalue weighted by molar-refractivity contribution is 0.0955. The molecule has 1 aliphatic heterocycles. The smallest absolute Gasteiger partial charge is 0.256 e. The van der Waals surface area contributed by atoms with Crippen molar-refractivity contribution in [1.29, 1.82) is 0 Å². The van der Waals surface area contributed by atoms with Gasteiger partial charge >= 0.3 is 0 Å². The minimum atomic E-state index is -0.111. The van der Waals surface area contributed by atoms with Gasteiger partial charge in [-0.1, -0.05) is 11.6 Å². The third-order valence-corrected chi connectivity index (χ3v) is 3.11. The second-order valence-corrected chi connectivity index (χ2v) is 4.33. The number of amides is 1. The van der Waals surface area contributed by atoms with Crippen LogP contribution in [0.4, 0.5) is 0 Å². The van der Waals surface area contributed by atoms with Gasteiger partial charge in [-0.05, 0) is 35.0 Å². The molecule has 0 saturated carbocycles. The quantitative estimate of drug-likeness (QED) is 0.831. The summed E-state index contributed by atoms with van der Waals surface area (Å²) in [6.07, 6.45) is 4.60. The Morgan fingerprint density at radius 3 is 3.12 bits per heavy atom. The van der Waals surface area contributed by atoms with Crippen molar-refractivity contribution < 1.29 is 9.21 Å². The summed E-state index contributed by atoms with van der Waals surface area (Å²) in [6, 6.07) is 1.65. The van der Waals surface area contributed by atoms with Crippen molar-refractivity contribution in [2.45, 2.75) is 6.42 Å². The maximum absolute atomic E-state index is 11.7. The molecule has 0 aromatic carbocycles. The Morgan fingerprint density at radius 1 is 1.62 bits per heavy atom. The van der Waals surface area contributed by atoms with Crippen LogP contribution in [0.2, 0.25) is 0 Å². The van der Waals surface area contributed by atoms with Gasteiger partial charge in [-0.15, -0.1) is 0 Å². The van der Waals surface area contributed by atoms with Gasteiger partial charge < -0.3 is 15.1 Å². The summed E-state index contributed by atoms with van der Waals surface area (Å²) in [5.41, 5.74) is 1.81. The molecule has 0 unspecified atom stereocenters. The molecule has 1 aromatic rings. The van der Waals surface area contributed by atoms with E-state index in [-0.39, 0.29) is 5.91 Å². The molecular formula is C11H13BrN2O2. The van der Waals surface area contributed by atoms with Crippen LogP contribution in [-0.2, 0) is 0 Å². The molecule has 4 nitrogen and oxygen atoms in total. The molecule has 2 N–H and O–H groups in total. The first kappa shape index (κ1) is 11.4. The summed E-state index contributed by atoms with van der Waals surface area (Å²) in [4.78, 5) is 11.7. The zero-order chi connectivity index (χ0) is 11.4. The van der Waals surface area contributed by atoms with Crippen LogP contribution in [0.15, 0.2) is 33.1 Å². The van der Waals surface area contributed by atoms with Crippen LogP contribution in [-0.4, -0.2) is 25.5 Å². The fourth-order valence-electron chi connectivity index (χ4n) is 1.57. The number of rotatable bonds is 3. The van der Waals surface area contributed by atoms with Crippen LogP contribution < -0.4 is 10.6 Å². The lowest BCUT2D eigenvalue weighted by atomic mass is 10.1. The van der Waals surface area contributed by atoms with Gasteiger partial charge in [-0.25, -0.2) is 0 Å². The Balaban J connectivity index is 1.89. The molecule has 2 rings (SSSR count).